The van der Waals surface area contributed by atoms with Gasteiger partial charge >= 0.3 is 5.97 Å². The molecule has 0 radical (unpaired) electrons. The number of ether oxygens (including phenoxy) is 1. The van der Waals surface area contributed by atoms with Crippen molar-refractivity contribution < 1.29 is 9.53 Å². The van der Waals surface area contributed by atoms with Gasteiger partial charge in [-0.2, -0.15) is 0 Å². The molecule has 5 heteroatoms. The lowest BCUT2D eigenvalue weighted by molar-refractivity contribution is -0.150. The maximum Gasteiger partial charge on any atom is 0.360 e. The van der Waals surface area contributed by atoms with Gasteiger partial charge in [0.1, 0.15) is 0 Å². The van der Waals surface area contributed by atoms with Gasteiger partial charge in [0.25, 0.3) is 3.79 Å². The SMILES string of the molecule is C#CC(C)(C)OC(=O)C(Cl)(Cl)Cl. The molecule has 0 unspecified atom stereocenters. The van der Waals surface area contributed by atoms with E-state index in [1.54, 1.807) is 0 Å². The van der Waals surface area contributed by atoms with Crippen LogP contribution < -0.4 is 0 Å². The topological polar surface area (TPSA) is 26.3 Å². The summed E-state index contributed by atoms with van der Waals surface area (Å²) in [5.74, 6) is 1.25. The molecule has 0 bridgehead atoms. The van der Waals surface area contributed by atoms with Crippen LogP contribution in [0.3, 0.4) is 0 Å². The first kappa shape index (κ1) is 11.9. The van der Waals surface area contributed by atoms with E-state index in [4.69, 9.17) is 41.2 Å². The Balaban J connectivity index is 4.33. The molecule has 0 aliphatic carbocycles. The molecule has 68 valence electrons. The lowest BCUT2D eigenvalue weighted by Crippen LogP contribution is -2.32. The van der Waals surface area contributed by atoms with Crippen LogP contribution in [-0.4, -0.2) is 15.4 Å². The van der Waals surface area contributed by atoms with E-state index in [0.717, 1.165) is 0 Å². The molecule has 0 aromatic carbocycles. The van der Waals surface area contributed by atoms with E-state index in [1.165, 1.54) is 13.8 Å². The Kier molecular flexibility index (Phi) is 3.71. The van der Waals surface area contributed by atoms with Crippen molar-refractivity contribution in [3.63, 3.8) is 0 Å². The molecule has 0 rings (SSSR count). The Bertz CT molecular complexity index is 222. The third-order valence-corrected chi connectivity index (χ3v) is 1.39. The van der Waals surface area contributed by atoms with Gasteiger partial charge in [-0.05, 0) is 13.8 Å². The highest BCUT2D eigenvalue weighted by Crippen LogP contribution is 2.29. The number of carbonyl (C=O) groups is 1. The third-order valence-electron chi connectivity index (χ3n) is 0.927. The first-order valence-electron chi connectivity index (χ1n) is 2.97. The Morgan fingerprint density at radius 2 is 1.83 bits per heavy atom. The van der Waals surface area contributed by atoms with Gasteiger partial charge in [-0.3, -0.25) is 0 Å². The molecule has 0 saturated heterocycles. The van der Waals surface area contributed by atoms with E-state index in [1.807, 2.05) is 0 Å². The molecule has 0 aromatic heterocycles. The average Bonchev–Trinajstić information content (AvgIpc) is 1.85. The number of hydrogen-bond acceptors (Lipinski definition) is 2. The number of terminal acetylenes is 1. The van der Waals surface area contributed by atoms with Crippen molar-refractivity contribution in [3.8, 4) is 12.3 Å². The van der Waals surface area contributed by atoms with E-state index in [-0.39, 0.29) is 0 Å². The smallest absolute Gasteiger partial charge is 0.360 e. The Labute approximate surface area is 86.1 Å². The second-order valence-electron chi connectivity index (χ2n) is 2.54. The molecule has 0 spiro atoms. The maximum atomic E-state index is 10.9. The molecule has 12 heavy (non-hydrogen) atoms. The molecular formula is C7H7Cl3O2. The molecule has 0 aromatic rings. The van der Waals surface area contributed by atoms with Crippen LogP contribution in [0.15, 0.2) is 0 Å². The number of alkyl halides is 3. The van der Waals surface area contributed by atoms with Gasteiger partial charge < -0.3 is 4.74 Å². The van der Waals surface area contributed by atoms with Gasteiger partial charge in [0, 0.05) is 0 Å². The van der Waals surface area contributed by atoms with E-state index < -0.39 is 15.4 Å². The molecule has 0 aliphatic heterocycles. The lowest BCUT2D eigenvalue weighted by atomic mass is 10.1. The molecule has 0 aliphatic rings. The summed E-state index contributed by atoms with van der Waals surface area (Å²) in [5.41, 5.74) is -1.05. The van der Waals surface area contributed by atoms with Gasteiger partial charge in [-0.15, -0.1) is 6.42 Å². The van der Waals surface area contributed by atoms with Crippen LogP contribution in [0, 0.1) is 12.3 Å². The van der Waals surface area contributed by atoms with Gasteiger partial charge in [0.05, 0.1) is 0 Å². The van der Waals surface area contributed by atoms with Crippen molar-refractivity contribution in [2.45, 2.75) is 23.2 Å². The number of carbonyl (C=O) groups excluding carboxylic acids is 1. The molecular weight excluding hydrogens is 222 g/mol. The summed E-state index contributed by atoms with van der Waals surface area (Å²) in [6, 6.07) is 0. The molecule has 0 saturated carbocycles. The van der Waals surface area contributed by atoms with E-state index in [2.05, 4.69) is 10.7 Å². The largest absolute Gasteiger partial charge is 0.443 e. The van der Waals surface area contributed by atoms with Gasteiger partial charge in [-0.25, -0.2) is 4.79 Å². The lowest BCUT2D eigenvalue weighted by Gasteiger charge is -2.20. The van der Waals surface area contributed by atoms with Crippen LogP contribution >= 0.6 is 34.8 Å². The van der Waals surface area contributed by atoms with E-state index in [0.29, 0.717) is 0 Å². The van der Waals surface area contributed by atoms with Crippen molar-refractivity contribution in [2.24, 2.45) is 0 Å². The Morgan fingerprint density at radius 3 is 2.08 bits per heavy atom. The van der Waals surface area contributed by atoms with Crippen molar-refractivity contribution in [1.29, 1.82) is 0 Å². The fourth-order valence-electron chi connectivity index (χ4n) is 0.319. The Hall–Kier alpha value is -0.100. The van der Waals surface area contributed by atoms with Crippen LogP contribution in [-0.2, 0) is 9.53 Å². The van der Waals surface area contributed by atoms with Gasteiger partial charge in [-0.1, -0.05) is 40.7 Å². The molecule has 0 fully saturated rings. The monoisotopic (exact) mass is 228 g/mol. The van der Waals surface area contributed by atoms with Crippen LogP contribution in [0.1, 0.15) is 13.8 Å². The summed E-state index contributed by atoms with van der Waals surface area (Å²) in [5, 5.41) is 0. The molecule has 2 nitrogen and oxygen atoms in total. The van der Waals surface area contributed by atoms with Crippen molar-refractivity contribution in [1.82, 2.24) is 0 Å². The van der Waals surface area contributed by atoms with Crippen LogP contribution in [0.5, 0.6) is 0 Å². The summed E-state index contributed by atoms with van der Waals surface area (Å²) in [7, 11) is 0. The normalized spacial score (nSPS) is 12.0. The predicted octanol–water partition coefficient (Wildman–Crippen LogP) is 2.31. The highest BCUT2D eigenvalue weighted by Gasteiger charge is 2.36. The number of rotatable bonds is 1. The zero-order valence-electron chi connectivity index (χ0n) is 6.53. The molecule has 0 amide bonds. The van der Waals surface area contributed by atoms with E-state index >= 15 is 0 Å². The van der Waals surface area contributed by atoms with Crippen LogP contribution in [0.2, 0.25) is 0 Å². The molecule has 0 heterocycles. The molecule has 0 N–H and O–H groups in total. The zero-order valence-corrected chi connectivity index (χ0v) is 8.80. The first-order valence-corrected chi connectivity index (χ1v) is 4.10. The maximum absolute atomic E-state index is 10.9. The second kappa shape index (κ2) is 3.74. The fourth-order valence-corrected chi connectivity index (χ4v) is 0.435. The second-order valence-corrected chi connectivity index (χ2v) is 4.82. The summed E-state index contributed by atoms with van der Waals surface area (Å²) >= 11 is 15.7. The van der Waals surface area contributed by atoms with Crippen molar-refractivity contribution in [3.05, 3.63) is 0 Å². The summed E-state index contributed by atoms with van der Waals surface area (Å²) in [4.78, 5) is 10.9. The highest BCUT2D eigenvalue weighted by molar-refractivity contribution is 6.75. The number of esters is 1. The number of hydrogen-bond donors (Lipinski definition) is 0. The van der Waals surface area contributed by atoms with Gasteiger partial charge in [0.15, 0.2) is 5.60 Å². The fraction of sp³-hybridized carbons (Fsp3) is 0.571. The quantitative estimate of drug-likeness (QED) is 0.392. The minimum absolute atomic E-state index is 0.976. The van der Waals surface area contributed by atoms with E-state index in [9.17, 15) is 4.79 Å². The zero-order chi connectivity index (χ0) is 9.99. The minimum atomic E-state index is -2.08. The standard InChI is InChI=1S/C7H7Cl3O2/c1-4-6(2,3)12-5(11)7(8,9)10/h1H,2-3H3. The summed E-state index contributed by atoms with van der Waals surface area (Å²) in [6.45, 7) is 3.03. The van der Waals surface area contributed by atoms with Crippen molar-refractivity contribution >= 4 is 40.8 Å². The van der Waals surface area contributed by atoms with Crippen LogP contribution in [0.25, 0.3) is 0 Å². The molecule has 0 atom stereocenters. The van der Waals surface area contributed by atoms with Gasteiger partial charge in [0.2, 0.25) is 0 Å². The average molecular weight is 229 g/mol. The van der Waals surface area contributed by atoms with Crippen LogP contribution in [0.4, 0.5) is 0 Å². The Morgan fingerprint density at radius 1 is 1.42 bits per heavy atom. The van der Waals surface area contributed by atoms with Crippen molar-refractivity contribution in [2.75, 3.05) is 0 Å². The minimum Gasteiger partial charge on any atom is -0.443 e. The predicted molar refractivity (Wildman–Crippen MR) is 49.3 cm³/mol. The highest BCUT2D eigenvalue weighted by atomic mass is 35.6. The summed E-state index contributed by atoms with van der Waals surface area (Å²) in [6.07, 6.45) is 5.04. The first-order chi connectivity index (χ1) is 5.19. The summed E-state index contributed by atoms with van der Waals surface area (Å²) < 4.78 is 2.61. The third kappa shape index (κ3) is 4.06. The number of halogens is 3.